The number of alkyl halides is 3. The number of hydrogen-bond acceptors (Lipinski definition) is 3. The van der Waals surface area contributed by atoms with Crippen molar-refractivity contribution in [2.75, 3.05) is 30.8 Å². The van der Waals surface area contributed by atoms with E-state index in [0.717, 1.165) is 11.3 Å². The summed E-state index contributed by atoms with van der Waals surface area (Å²) in [5, 5.41) is 2.95. The molecular weight excluding hydrogens is 233 g/mol. The molecule has 0 amide bonds. The van der Waals surface area contributed by atoms with Gasteiger partial charge in [-0.2, -0.15) is 13.2 Å². The number of ether oxygens (including phenoxy) is 1. The van der Waals surface area contributed by atoms with Crippen LogP contribution in [0.15, 0.2) is 18.2 Å². The van der Waals surface area contributed by atoms with Crippen LogP contribution >= 0.6 is 0 Å². The summed E-state index contributed by atoms with van der Waals surface area (Å²) in [5.74, 6) is 0. The third kappa shape index (κ3) is 5.44. The van der Waals surface area contributed by atoms with Gasteiger partial charge in [-0.05, 0) is 30.7 Å². The first-order chi connectivity index (χ1) is 7.88. The number of hydrogen-bond donors (Lipinski definition) is 2. The maximum atomic E-state index is 11.7. The molecule has 1 aromatic carbocycles. The van der Waals surface area contributed by atoms with Crippen LogP contribution in [0, 0.1) is 6.92 Å². The van der Waals surface area contributed by atoms with E-state index in [1.54, 1.807) is 12.1 Å². The number of nitrogens with two attached hydrogens (primary N) is 1. The highest BCUT2D eigenvalue weighted by Crippen LogP contribution is 2.16. The summed E-state index contributed by atoms with van der Waals surface area (Å²) < 4.78 is 39.7. The van der Waals surface area contributed by atoms with Crippen molar-refractivity contribution in [2.24, 2.45) is 0 Å². The van der Waals surface area contributed by atoms with Crippen LogP contribution in [0.3, 0.4) is 0 Å². The molecule has 0 heterocycles. The van der Waals surface area contributed by atoms with Gasteiger partial charge >= 0.3 is 6.18 Å². The molecule has 96 valence electrons. The molecule has 0 fully saturated rings. The van der Waals surface area contributed by atoms with Crippen molar-refractivity contribution in [3.63, 3.8) is 0 Å². The highest BCUT2D eigenvalue weighted by atomic mass is 19.4. The van der Waals surface area contributed by atoms with Gasteiger partial charge in [-0.15, -0.1) is 0 Å². The van der Waals surface area contributed by atoms with E-state index in [1.807, 2.05) is 13.0 Å². The summed E-state index contributed by atoms with van der Waals surface area (Å²) in [6.45, 7) is 0.971. The zero-order chi connectivity index (χ0) is 12.9. The Labute approximate surface area is 97.8 Å². The lowest BCUT2D eigenvalue weighted by atomic mass is 10.2. The molecule has 6 heteroatoms. The van der Waals surface area contributed by atoms with E-state index in [1.165, 1.54) is 0 Å². The Morgan fingerprint density at radius 2 is 2.06 bits per heavy atom. The Morgan fingerprint density at radius 1 is 1.35 bits per heavy atom. The van der Waals surface area contributed by atoms with Crippen LogP contribution in [-0.4, -0.2) is 25.9 Å². The molecule has 17 heavy (non-hydrogen) atoms. The van der Waals surface area contributed by atoms with Crippen molar-refractivity contribution in [1.82, 2.24) is 0 Å². The zero-order valence-electron chi connectivity index (χ0n) is 9.47. The Morgan fingerprint density at radius 3 is 2.65 bits per heavy atom. The minimum absolute atomic E-state index is 0.00291. The fourth-order valence-electron chi connectivity index (χ4n) is 1.24. The lowest BCUT2D eigenvalue weighted by Crippen LogP contribution is -2.20. The molecule has 0 aromatic heterocycles. The minimum atomic E-state index is -4.27. The largest absolute Gasteiger partial charge is 0.411 e. The molecule has 0 saturated heterocycles. The number of rotatable bonds is 5. The van der Waals surface area contributed by atoms with Crippen molar-refractivity contribution in [2.45, 2.75) is 13.1 Å². The third-order valence-electron chi connectivity index (χ3n) is 2.11. The van der Waals surface area contributed by atoms with Gasteiger partial charge in [0.15, 0.2) is 0 Å². The minimum Gasteiger partial charge on any atom is -0.399 e. The number of nitrogens with one attached hydrogen (secondary N) is 1. The maximum Gasteiger partial charge on any atom is 0.411 e. The molecule has 1 rings (SSSR count). The zero-order valence-corrected chi connectivity index (χ0v) is 9.47. The number of halogens is 3. The average molecular weight is 248 g/mol. The van der Waals surface area contributed by atoms with Crippen LogP contribution in [0.4, 0.5) is 24.5 Å². The summed E-state index contributed by atoms with van der Waals surface area (Å²) in [6.07, 6.45) is -4.27. The molecule has 0 aliphatic carbocycles. The van der Waals surface area contributed by atoms with Crippen LogP contribution in [0.5, 0.6) is 0 Å². The van der Waals surface area contributed by atoms with E-state index in [-0.39, 0.29) is 6.61 Å². The van der Waals surface area contributed by atoms with Gasteiger partial charge in [0.05, 0.1) is 6.61 Å². The van der Waals surface area contributed by atoms with E-state index in [4.69, 9.17) is 5.73 Å². The molecule has 0 aliphatic heterocycles. The molecule has 1 aromatic rings. The van der Waals surface area contributed by atoms with Gasteiger partial charge in [-0.25, -0.2) is 0 Å². The second-order valence-electron chi connectivity index (χ2n) is 3.67. The monoisotopic (exact) mass is 248 g/mol. The lowest BCUT2D eigenvalue weighted by Gasteiger charge is -2.10. The molecule has 0 unspecified atom stereocenters. The predicted octanol–water partition coefficient (Wildman–Crippen LogP) is 2.57. The van der Waals surface area contributed by atoms with Crippen molar-refractivity contribution in [1.29, 1.82) is 0 Å². The van der Waals surface area contributed by atoms with Gasteiger partial charge in [-0.1, -0.05) is 0 Å². The first-order valence-electron chi connectivity index (χ1n) is 5.13. The maximum absolute atomic E-state index is 11.7. The molecule has 3 N–H and O–H groups in total. The Hall–Kier alpha value is -1.43. The third-order valence-corrected chi connectivity index (χ3v) is 2.11. The molecule has 0 atom stereocenters. The van der Waals surface area contributed by atoms with Gasteiger partial charge in [0.25, 0.3) is 0 Å². The standard InChI is InChI=1S/C11H15F3N2O/c1-8-6-9(2-3-10(8)15)16-4-5-17-7-11(12,13)14/h2-3,6,16H,4-5,7,15H2,1H3. The molecule has 0 aliphatic rings. The van der Waals surface area contributed by atoms with Crippen LogP contribution in [0.25, 0.3) is 0 Å². The number of nitrogen functional groups attached to an aromatic ring is 1. The molecule has 0 spiro atoms. The van der Waals surface area contributed by atoms with Gasteiger partial charge < -0.3 is 15.8 Å². The Bertz CT molecular complexity index is 366. The summed E-state index contributed by atoms with van der Waals surface area (Å²) in [7, 11) is 0. The van der Waals surface area contributed by atoms with E-state index >= 15 is 0 Å². The molecule has 0 bridgehead atoms. The number of aryl methyl sites for hydroxylation is 1. The van der Waals surface area contributed by atoms with E-state index < -0.39 is 12.8 Å². The van der Waals surface area contributed by atoms with Gasteiger partial charge in [0.2, 0.25) is 0 Å². The quantitative estimate of drug-likeness (QED) is 0.622. The average Bonchev–Trinajstić information content (AvgIpc) is 2.21. The van der Waals surface area contributed by atoms with Gasteiger partial charge in [0.1, 0.15) is 6.61 Å². The topological polar surface area (TPSA) is 47.3 Å². The fraction of sp³-hybridized carbons (Fsp3) is 0.455. The van der Waals surface area contributed by atoms with Crippen LogP contribution < -0.4 is 11.1 Å². The normalized spacial score (nSPS) is 11.5. The number of anilines is 2. The van der Waals surface area contributed by atoms with E-state index in [0.29, 0.717) is 12.2 Å². The second-order valence-corrected chi connectivity index (χ2v) is 3.67. The Balaban J connectivity index is 2.25. The lowest BCUT2D eigenvalue weighted by molar-refractivity contribution is -0.172. The van der Waals surface area contributed by atoms with Crippen molar-refractivity contribution >= 4 is 11.4 Å². The summed E-state index contributed by atoms with van der Waals surface area (Å²) in [4.78, 5) is 0. The van der Waals surface area contributed by atoms with Crippen molar-refractivity contribution < 1.29 is 17.9 Å². The highest BCUT2D eigenvalue weighted by Gasteiger charge is 2.27. The highest BCUT2D eigenvalue weighted by molar-refractivity contribution is 5.56. The Kier molecular flexibility index (Phi) is 4.62. The summed E-state index contributed by atoms with van der Waals surface area (Å²) in [5.41, 5.74) is 8.05. The van der Waals surface area contributed by atoms with Crippen LogP contribution in [0.1, 0.15) is 5.56 Å². The van der Waals surface area contributed by atoms with Crippen LogP contribution in [-0.2, 0) is 4.74 Å². The van der Waals surface area contributed by atoms with Gasteiger partial charge in [0, 0.05) is 17.9 Å². The van der Waals surface area contributed by atoms with E-state index in [9.17, 15) is 13.2 Å². The molecule has 3 nitrogen and oxygen atoms in total. The molecular formula is C11H15F3N2O. The SMILES string of the molecule is Cc1cc(NCCOCC(F)(F)F)ccc1N. The predicted molar refractivity (Wildman–Crippen MR) is 61.0 cm³/mol. The molecule has 0 radical (unpaired) electrons. The second kappa shape index (κ2) is 5.77. The summed E-state index contributed by atoms with van der Waals surface area (Å²) in [6, 6.07) is 5.35. The first-order valence-corrected chi connectivity index (χ1v) is 5.13. The first kappa shape index (κ1) is 13.6. The van der Waals surface area contributed by atoms with Crippen LogP contribution in [0.2, 0.25) is 0 Å². The van der Waals surface area contributed by atoms with E-state index in [2.05, 4.69) is 10.1 Å². The number of benzene rings is 1. The van der Waals surface area contributed by atoms with Gasteiger partial charge in [-0.3, -0.25) is 0 Å². The summed E-state index contributed by atoms with van der Waals surface area (Å²) >= 11 is 0. The molecule has 0 saturated carbocycles. The van der Waals surface area contributed by atoms with Crippen molar-refractivity contribution in [3.05, 3.63) is 23.8 Å². The van der Waals surface area contributed by atoms with Crippen molar-refractivity contribution in [3.8, 4) is 0 Å². The fourth-order valence-corrected chi connectivity index (χ4v) is 1.24. The smallest absolute Gasteiger partial charge is 0.399 e.